The summed E-state index contributed by atoms with van der Waals surface area (Å²) in [6.45, 7) is 2.40. The van der Waals surface area contributed by atoms with Gasteiger partial charge in [-0.15, -0.1) is 0 Å². The average Bonchev–Trinajstić information content (AvgIpc) is 2.59. The summed E-state index contributed by atoms with van der Waals surface area (Å²) in [4.78, 5) is 12.2. The fourth-order valence-electron chi connectivity index (χ4n) is 2.03. The van der Waals surface area contributed by atoms with E-state index in [0.717, 1.165) is 11.3 Å². The third-order valence-corrected chi connectivity index (χ3v) is 3.31. The van der Waals surface area contributed by atoms with Crippen molar-refractivity contribution in [2.75, 3.05) is 7.11 Å². The van der Waals surface area contributed by atoms with E-state index in [2.05, 4.69) is 5.32 Å². The summed E-state index contributed by atoms with van der Waals surface area (Å²) >= 11 is 0. The standard InChI is InChI=1S/C18H21NO3/c1-3-17(22-16-7-5-4-6-8-16)18(20)19-13-14-9-11-15(21-2)12-10-14/h4-12,17H,3,13H2,1-2H3,(H,19,20)/t17-/m1/s1. The van der Waals surface area contributed by atoms with Crippen LogP contribution in [-0.2, 0) is 11.3 Å². The van der Waals surface area contributed by atoms with E-state index >= 15 is 0 Å². The molecule has 0 aromatic heterocycles. The topological polar surface area (TPSA) is 47.6 Å². The zero-order chi connectivity index (χ0) is 15.8. The third-order valence-electron chi connectivity index (χ3n) is 3.31. The van der Waals surface area contributed by atoms with Crippen LogP contribution in [0, 0.1) is 0 Å². The Labute approximate surface area is 131 Å². The number of amides is 1. The van der Waals surface area contributed by atoms with E-state index in [1.165, 1.54) is 0 Å². The summed E-state index contributed by atoms with van der Waals surface area (Å²) in [5.74, 6) is 1.39. The summed E-state index contributed by atoms with van der Waals surface area (Å²) in [6, 6.07) is 17.0. The van der Waals surface area contributed by atoms with Crippen LogP contribution in [0.1, 0.15) is 18.9 Å². The van der Waals surface area contributed by atoms with Gasteiger partial charge < -0.3 is 14.8 Å². The normalized spacial score (nSPS) is 11.5. The molecule has 0 aliphatic carbocycles. The Kier molecular flexibility index (Phi) is 5.83. The van der Waals surface area contributed by atoms with Crippen molar-refractivity contribution >= 4 is 5.91 Å². The van der Waals surface area contributed by atoms with E-state index in [0.29, 0.717) is 18.7 Å². The van der Waals surface area contributed by atoms with E-state index in [1.54, 1.807) is 7.11 Å². The molecule has 1 amide bonds. The van der Waals surface area contributed by atoms with E-state index in [4.69, 9.17) is 9.47 Å². The van der Waals surface area contributed by atoms with E-state index in [-0.39, 0.29) is 5.91 Å². The van der Waals surface area contributed by atoms with Gasteiger partial charge in [-0.25, -0.2) is 0 Å². The molecule has 0 heterocycles. The monoisotopic (exact) mass is 299 g/mol. The van der Waals surface area contributed by atoms with Crippen LogP contribution < -0.4 is 14.8 Å². The minimum Gasteiger partial charge on any atom is -0.497 e. The average molecular weight is 299 g/mol. The third kappa shape index (κ3) is 4.52. The van der Waals surface area contributed by atoms with Gasteiger partial charge in [0.25, 0.3) is 5.91 Å². The Morgan fingerprint density at radius 1 is 1.05 bits per heavy atom. The van der Waals surface area contributed by atoms with Crippen molar-refractivity contribution in [3.8, 4) is 11.5 Å². The number of carbonyl (C=O) groups excluding carboxylic acids is 1. The van der Waals surface area contributed by atoms with Crippen LogP contribution in [0.15, 0.2) is 54.6 Å². The molecule has 0 bridgehead atoms. The maximum atomic E-state index is 12.2. The maximum absolute atomic E-state index is 12.2. The van der Waals surface area contributed by atoms with Crippen molar-refractivity contribution < 1.29 is 14.3 Å². The lowest BCUT2D eigenvalue weighted by atomic mass is 10.2. The molecule has 22 heavy (non-hydrogen) atoms. The molecule has 2 rings (SSSR count). The Morgan fingerprint density at radius 2 is 1.73 bits per heavy atom. The van der Waals surface area contributed by atoms with Gasteiger partial charge in [0.1, 0.15) is 11.5 Å². The highest BCUT2D eigenvalue weighted by Crippen LogP contribution is 2.13. The minimum absolute atomic E-state index is 0.109. The summed E-state index contributed by atoms with van der Waals surface area (Å²) in [5.41, 5.74) is 1.02. The molecule has 0 unspecified atom stereocenters. The zero-order valence-electron chi connectivity index (χ0n) is 12.9. The highest BCUT2D eigenvalue weighted by Gasteiger charge is 2.17. The summed E-state index contributed by atoms with van der Waals surface area (Å²) in [7, 11) is 1.63. The van der Waals surface area contributed by atoms with Crippen LogP contribution in [0.2, 0.25) is 0 Å². The molecule has 0 spiro atoms. The lowest BCUT2D eigenvalue weighted by molar-refractivity contribution is -0.128. The number of hydrogen-bond acceptors (Lipinski definition) is 3. The second-order valence-corrected chi connectivity index (χ2v) is 4.89. The maximum Gasteiger partial charge on any atom is 0.261 e. The van der Waals surface area contributed by atoms with Crippen LogP contribution in [-0.4, -0.2) is 19.1 Å². The first-order chi connectivity index (χ1) is 10.7. The van der Waals surface area contributed by atoms with E-state index in [9.17, 15) is 4.79 Å². The lowest BCUT2D eigenvalue weighted by Crippen LogP contribution is -2.37. The molecule has 0 saturated carbocycles. The van der Waals surface area contributed by atoms with Gasteiger partial charge in [-0.3, -0.25) is 4.79 Å². The molecule has 2 aromatic carbocycles. The number of nitrogens with one attached hydrogen (secondary N) is 1. The predicted molar refractivity (Wildman–Crippen MR) is 86.0 cm³/mol. The molecule has 1 N–H and O–H groups in total. The van der Waals surface area contributed by atoms with E-state index < -0.39 is 6.10 Å². The van der Waals surface area contributed by atoms with Gasteiger partial charge in [0.2, 0.25) is 0 Å². The molecule has 1 atom stereocenters. The molecule has 116 valence electrons. The summed E-state index contributed by atoms with van der Waals surface area (Å²) in [6.07, 6.45) is 0.129. The zero-order valence-corrected chi connectivity index (χ0v) is 12.9. The van der Waals surface area contributed by atoms with Crippen molar-refractivity contribution in [1.29, 1.82) is 0 Å². The number of carbonyl (C=O) groups is 1. The van der Waals surface area contributed by atoms with Crippen LogP contribution in [0.5, 0.6) is 11.5 Å². The molecule has 0 aliphatic heterocycles. The van der Waals surface area contributed by atoms with Crippen LogP contribution >= 0.6 is 0 Å². The van der Waals surface area contributed by atoms with Crippen LogP contribution in [0.4, 0.5) is 0 Å². The number of ether oxygens (including phenoxy) is 2. The SMILES string of the molecule is CC[C@@H](Oc1ccccc1)C(=O)NCc1ccc(OC)cc1. The van der Waals surface area contributed by atoms with Crippen molar-refractivity contribution in [3.63, 3.8) is 0 Å². The van der Waals surface area contributed by atoms with Gasteiger partial charge in [-0.05, 0) is 36.2 Å². The van der Waals surface area contributed by atoms with Crippen molar-refractivity contribution in [2.45, 2.75) is 26.0 Å². The van der Waals surface area contributed by atoms with Gasteiger partial charge in [-0.1, -0.05) is 37.3 Å². The highest BCUT2D eigenvalue weighted by molar-refractivity contribution is 5.81. The number of methoxy groups -OCH3 is 1. The number of rotatable bonds is 7. The van der Waals surface area contributed by atoms with Gasteiger partial charge in [0.05, 0.1) is 7.11 Å². The Bertz CT molecular complexity index is 581. The molecular formula is C18H21NO3. The Morgan fingerprint density at radius 3 is 2.32 bits per heavy atom. The van der Waals surface area contributed by atoms with Gasteiger partial charge in [0, 0.05) is 6.54 Å². The fourth-order valence-corrected chi connectivity index (χ4v) is 2.03. The van der Waals surface area contributed by atoms with Gasteiger partial charge >= 0.3 is 0 Å². The van der Waals surface area contributed by atoms with Gasteiger partial charge in [0.15, 0.2) is 6.10 Å². The van der Waals surface area contributed by atoms with Crippen molar-refractivity contribution in [2.24, 2.45) is 0 Å². The lowest BCUT2D eigenvalue weighted by Gasteiger charge is -2.17. The highest BCUT2D eigenvalue weighted by atomic mass is 16.5. The van der Waals surface area contributed by atoms with Crippen LogP contribution in [0.3, 0.4) is 0 Å². The Hall–Kier alpha value is -2.49. The molecule has 4 heteroatoms. The first kappa shape index (κ1) is 15.9. The molecule has 2 aromatic rings. The minimum atomic E-state index is -0.486. The predicted octanol–water partition coefficient (Wildman–Crippen LogP) is 3.17. The second-order valence-electron chi connectivity index (χ2n) is 4.89. The quantitative estimate of drug-likeness (QED) is 0.854. The molecule has 4 nitrogen and oxygen atoms in total. The largest absolute Gasteiger partial charge is 0.497 e. The summed E-state index contributed by atoms with van der Waals surface area (Å²) in [5, 5.41) is 2.90. The fraction of sp³-hybridized carbons (Fsp3) is 0.278. The first-order valence-electron chi connectivity index (χ1n) is 7.35. The number of para-hydroxylation sites is 1. The van der Waals surface area contributed by atoms with Gasteiger partial charge in [-0.2, -0.15) is 0 Å². The van der Waals surface area contributed by atoms with E-state index in [1.807, 2.05) is 61.5 Å². The molecule has 0 radical (unpaired) electrons. The number of hydrogen-bond donors (Lipinski definition) is 1. The van der Waals surface area contributed by atoms with Crippen molar-refractivity contribution in [1.82, 2.24) is 5.32 Å². The summed E-state index contributed by atoms with van der Waals surface area (Å²) < 4.78 is 10.8. The number of benzene rings is 2. The van der Waals surface area contributed by atoms with Crippen molar-refractivity contribution in [3.05, 3.63) is 60.2 Å². The molecule has 0 saturated heterocycles. The Balaban J connectivity index is 1.88. The molecule has 0 fully saturated rings. The van der Waals surface area contributed by atoms with Crippen LogP contribution in [0.25, 0.3) is 0 Å². The molecule has 0 aliphatic rings. The molecular weight excluding hydrogens is 278 g/mol. The second kappa shape index (κ2) is 8.08. The first-order valence-corrected chi connectivity index (χ1v) is 7.35. The smallest absolute Gasteiger partial charge is 0.261 e.